The Morgan fingerprint density at radius 3 is 2.90 bits per heavy atom. The molecule has 1 aliphatic rings. The van der Waals surface area contributed by atoms with Crippen LogP contribution >= 0.6 is 0 Å². The number of likely N-dealkylation sites (tertiary alicyclic amines) is 1. The largest absolute Gasteiger partial charge is 0.493 e. The van der Waals surface area contributed by atoms with Gasteiger partial charge < -0.3 is 14.7 Å². The van der Waals surface area contributed by atoms with Crippen LogP contribution in [0.5, 0.6) is 5.75 Å². The number of carbonyl (C=O) groups excluding carboxylic acids is 1. The molecule has 1 N–H and O–H groups in total. The van der Waals surface area contributed by atoms with Crippen LogP contribution in [0.4, 0.5) is 4.39 Å². The topological polar surface area (TPSA) is 66.8 Å². The Balaban J connectivity index is 1.84. The van der Waals surface area contributed by atoms with Gasteiger partial charge in [0.1, 0.15) is 17.6 Å². The van der Waals surface area contributed by atoms with Gasteiger partial charge in [0.25, 0.3) is 0 Å². The molecule has 1 aliphatic heterocycles. The summed E-state index contributed by atoms with van der Waals surface area (Å²) in [6.07, 6.45) is 2.22. The van der Waals surface area contributed by atoms with Gasteiger partial charge in [-0.25, -0.2) is 9.18 Å². The summed E-state index contributed by atoms with van der Waals surface area (Å²) in [7, 11) is 0. The first-order chi connectivity index (χ1) is 10.1. The predicted molar refractivity (Wildman–Crippen MR) is 73.5 cm³/mol. The summed E-state index contributed by atoms with van der Waals surface area (Å²) in [6, 6.07) is 4.95. The molecule has 0 radical (unpaired) electrons. The zero-order valence-electron chi connectivity index (χ0n) is 11.6. The number of piperidine rings is 1. The summed E-state index contributed by atoms with van der Waals surface area (Å²) in [4.78, 5) is 24.6. The number of carbonyl (C=O) groups is 2. The van der Waals surface area contributed by atoms with E-state index in [2.05, 4.69) is 0 Å². The Hall–Kier alpha value is -2.11. The SMILES string of the molecule is O=C(O)[C@H]1CCCCN1C(=O)CCOc1cccc(F)c1. The van der Waals surface area contributed by atoms with Crippen LogP contribution in [0.3, 0.4) is 0 Å². The van der Waals surface area contributed by atoms with Gasteiger partial charge in [-0.15, -0.1) is 0 Å². The van der Waals surface area contributed by atoms with Crippen molar-refractivity contribution >= 4 is 11.9 Å². The second-order valence-electron chi connectivity index (χ2n) is 4.99. The van der Waals surface area contributed by atoms with E-state index in [1.807, 2.05) is 0 Å². The lowest BCUT2D eigenvalue weighted by molar-refractivity contribution is -0.152. The van der Waals surface area contributed by atoms with Crippen LogP contribution in [-0.2, 0) is 9.59 Å². The molecule has 0 bridgehead atoms. The van der Waals surface area contributed by atoms with E-state index in [1.54, 1.807) is 6.07 Å². The number of hydrogen-bond acceptors (Lipinski definition) is 3. The summed E-state index contributed by atoms with van der Waals surface area (Å²) >= 11 is 0. The zero-order chi connectivity index (χ0) is 15.2. The third-order valence-corrected chi connectivity index (χ3v) is 3.49. The molecule has 1 amide bonds. The summed E-state index contributed by atoms with van der Waals surface area (Å²) in [5.41, 5.74) is 0. The first kappa shape index (κ1) is 15.3. The van der Waals surface area contributed by atoms with Crippen molar-refractivity contribution in [3.63, 3.8) is 0 Å². The van der Waals surface area contributed by atoms with Gasteiger partial charge in [0.15, 0.2) is 0 Å². The molecule has 0 saturated carbocycles. The molecule has 1 heterocycles. The minimum atomic E-state index is -0.964. The lowest BCUT2D eigenvalue weighted by Crippen LogP contribution is -2.48. The van der Waals surface area contributed by atoms with E-state index >= 15 is 0 Å². The number of rotatable bonds is 5. The Morgan fingerprint density at radius 1 is 1.38 bits per heavy atom. The first-order valence-electron chi connectivity index (χ1n) is 6.98. The van der Waals surface area contributed by atoms with Crippen molar-refractivity contribution in [2.75, 3.05) is 13.2 Å². The molecule has 1 aromatic carbocycles. The molecule has 1 atom stereocenters. The highest BCUT2D eigenvalue weighted by atomic mass is 19.1. The standard InChI is InChI=1S/C15H18FNO4/c16-11-4-3-5-12(10-11)21-9-7-14(18)17-8-2-1-6-13(17)15(19)20/h3-5,10,13H,1-2,6-9H2,(H,19,20)/t13-/m1/s1. The molecular weight excluding hydrogens is 277 g/mol. The molecule has 5 nitrogen and oxygen atoms in total. The molecule has 6 heteroatoms. The van der Waals surface area contributed by atoms with Crippen LogP contribution in [0.15, 0.2) is 24.3 Å². The van der Waals surface area contributed by atoms with Gasteiger partial charge in [0.2, 0.25) is 5.91 Å². The Bertz CT molecular complexity index is 520. The number of carboxylic acids is 1. The molecular formula is C15H18FNO4. The monoisotopic (exact) mass is 295 g/mol. The van der Waals surface area contributed by atoms with Gasteiger partial charge >= 0.3 is 5.97 Å². The summed E-state index contributed by atoms with van der Waals surface area (Å²) in [5, 5.41) is 9.12. The van der Waals surface area contributed by atoms with Gasteiger partial charge in [0.05, 0.1) is 13.0 Å². The van der Waals surface area contributed by atoms with E-state index in [4.69, 9.17) is 9.84 Å². The minimum Gasteiger partial charge on any atom is -0.493 e. The minimum absolute atomic E-state index is 0.0836. The summed E-state index contributed by atoms with van der Waals surface area (Å²) in [6.45, 7) is 0.570. The van der Waals surface area contributed by atoms with Crippen LogP contribution < -0.4 is 4.74 Å². The first-order valence-corrected chi connectivity index (χ1v) is 6.98. The molecule has 1 fully saturated rings. The molecule has 1 saturated heterocycles. The van der Waals surface area contributed by atoms with E-state index in [0.717, 1.165) is 12.8 Å². The average molecular weight is 295 g/mol. The fraction of sp³-hybridized carbons (Fsp3) is 0.467. The van der Waals surface area contributed by atoms with Crippen LogP contribution in [0.1, 0.15) is 25.7 Å². The fourth-order valence-electron chi connectivity index (χ4n) is 2.44. The molecule has 114 valence electrons. The van der Waals surface area contributed by atoms with E-state index in [1.165, 1.54) is 23.1 Å². The second-order valence-corrected chi connectivity index (χ2v) is 4.99. The molecule has 0 aromatic heterocycles. The van der Waals surface area contributed by atoms with Crippen molar-refractivity contribution in [1.29, 1.82) is 0 Å². The maximum absolute atomic E-state index is 13.0. The van der Waals surface area contributed by atoms with Gasteiger partial charge in [-0.1, -0.05) is 6.07 Å². The van der Waals surface area contributed by atoms with Crippen LogP contribution in [0.25, 0.3) is 0 Å². The van der Waals surface area contributed by atoms with Crippen molar-refractivity contribution in [3.8, 4) is 5.75 Å². The highest BCUT2D eigenvalue weighted by molar-refractivity contribution is 5.83. The van der Waals surface area contributed by atoms with Crippen LogP contribution in [0.2, 0.25) is 0 Å². The lowest BCUT2D eigenvalue weighted by atomic mass is 10.0. The average Bonchev–Trinajstić information content (AvgIpc) is 2.47. The van der Waals surface area contributed by atoms with E-state index in [9.17, 15) is 14.0 Å². The number of nitrogens with zero attached hydrogens (tertiary/aromatic N) is 1. The Morgan fingerprint density at radius 2 is 2.19 bits per heavy atom. The molecule has 1 aromatic rings. The highest BCUT2D eigenvalue weighted by Crippen LogP contribution is 2.18. The maximum atomic E-state index is 13.0. The van der Waals surface area contributed by atoms with Gasteiger partial charge in [-0.3, -0.25) is 4.79 Å². The van der Waals surface area contributed by atoms with Gasteiger partial charge in [-0.2, -0.15) is 0 Å². The van der Waals surface area contributed by atoms with E-state index < -0.39 is 17.8 Å². The number of halogens is 1. The Labute approximate surface area is 122 Å². The van der Waals surface area contributed by atoms with E-state index in [0.29, 0.717) is 18.7 Å². The lowest BCUT2D eigenvalue weighted by Gasteiger charge is -2.33. The van der Waals surface area contributed by atoms with Crippen molar-refractivity contribution < 1.29 is 23.8 Å². The maximum Gasteiger partial charge on any atom is 0.326 e. The smallest absolute Gasteiger partial charge is 0.326 e. The van der Waals surface area contributed by atoms with Gasteiger partial charge in [-0.05, 0) is 31.4 Å². The fourth-order valence-corrected chi connectivity index (χ4v) is 2.44. The zero-order valence-corrected chi connectivity index (χ0v) is 11.6. The Kier molecular flexibility index (Phi) is 5.14. The second kappa shape index (κ2) is 7.06. The number of carboxylic acid groups (broad SMARTS) is 1. The molecule has 0 spiro atoms. The third-order valence-electron chi connectivity index (χ3n) is 3.49. The quantitative estimate of drug-likeness (QED) is 0.903. The highest BCUT2D eigenvalue weighted by Gasteiger charge is 2.31. The predicted octanol–water partition coefficient (Wildman–Crippen LogP) is 2.06. The normalized spacial score (nSPS) is 18.3. The van der Waals surface area contributed by atoms with Crippen molar-refractivity contribution in [2.45, 2.75) is 31.7 Å². The van der Waals surface area contributed by atoms with E-state index in [-0.39, 0.29) is 18.9 Å². The number of benzene rings is 1. The number of amides is 1. The van der Waals surface area contributed by atoms with Crippen molar-refractivity contribution in [3.05, 3.63) is 30.1 Å². The number of ether oxygens (including phenoxy) is 1. The summed E-state index contributed by atoms with van der Waals surface area (Å²) < 4.78 is 18.3. The number of hydrogen-bond donors (Lipinski definition) is 1. The summed E-state index contributed by atoms with van der Waals surface area (Å²) in [5.74, 6) is -1.25. The third kappa shape index (κ3) is 4.18. The van der Waals surface area contributed by atoms with Crippen LogP contribution in [0, 0.1) is 5.82 Å². The number of aliphatic carboxylic acids is 1. The molecule has 0 aliphatic carbocycles. The van der Waals surface area contributed by atoms with Crippen molar-refractivity contribution in [1.82, 2.24) is 4.90 Å². The molecule has 0 unspecified atom stereocenters. The molecule has 2 rings (SSSR count). The van der Waals surface area contributed by atoms with Crippen LogP contribution in [-0.4, -0.2) is 41.1 Å². The van der Waals surface area contributed by atoms with Crippen molar-refractivity contribution in [2.24, 2.45) is 0 Å². The van der Waals surface area contributed by atoms with Gasteiger partial charge in [0, 0.05) is 12.6 Å². The molecule has 21 heavy (non-hydrogen) atoms.